The van der Waals surface area contributed by atoms with E-state index in [0.29, 0.717) is 19.1 Å². The molecule has 2 N–H and O–H groups in total. The zero-order chi connectivity index (χ0) is 13.9. The average Bonchev–Trinajstić information content (AvgIpc) is 3.13. The van der Waals surface area contributed by atoms with Crippen molar-refractivity contribution in [2.75, 3.05) is 19.7 Å². The molecule has 1 saturated carbocycles. The van der Waals surface area contributed by atoms with Crippen LogP contribution < -0.4 is 10.5 Å². The van der Waals surface area contributed by atoms with Crippen molar-refractivity contribution >= 4 is 5.91 Å². The molecule has 1 heterocycles. The van der Waals surface area contributed by atoms with E-state index in [1.54, 1.807) is 0 Å². The molecule has 1 amide bonds. The Labute approximate surface area is 119 Å². The normalized spacial score (nSPS) is 17.9. The van der Waals surface area contributed by atoms with Crippen molar-refractivity contribution in [3.63, 3.8) is 0 Å². The van der Waals surface area contributed by atoms with Crippen LogP contribution in [0.4, 0.5) is 0 Å². The number of carbonyl (C=O) groups excluding carboxylic acids is 1. The van der Waals surface area contributed by atoms with Crippen molar-refractivity contribution < 1.29 is 9.53 Å². The zero-order valence-electron chi connectivity index (χ0n) is 11.8. The van der Waals surface area contributed by atoms with Gasteiger partial charge in [-0.1, -0.05) is 12.8 Å². The molecule has 1 aliphatic carbocycles. The standard InChI is InChI=1S/C16H22N2O2/c17-8-9-18(14-3-1-2-4-14)16(19)13-5-6-15-12(11-13)7-10-20-15/h5-6,11,14H,1-4,7-10,17H2. The number of hydrogen-bond acceptors (Lipinski definition) is 3. The average molecular weight is 274 g/mol. The summed E-state index contributed by atoms with van der Waals surface area (Å²) < 4.78 is 5.50. The van der Waals surface area contributed by atoms with E-state index in [0.717, 1.165) is 42.7 Å². The van der Waals surface area contributed by atoms with E-state index in [9.17, 15) is 4.79 Å². The van der Waals surface area contributed by atoms with Gasteiger partial charge in [0.25, 0.3) is 5.91 Å². The van der Waals surface area contributed by atoms with Crippen LogP contribution in [0.1, 0.15) is 41.6 Å². The van der Waals surface area contributed by atoms with Crippen molar-refractivity contribution in [2.24, 2.45) is 5.73 Å². The van der Waals surface area contributed by atoms with Crippen LogP contribution in [0.5, 0.6) is 5.75 Å². The number of fused-ring (bicyclic) bond motifs is 1. The summed E-state index contributed by atoms with van der Waals surface area (Å²) in [7, 11) is 0. The van der Waals surface area contributed by atoms with Crippen LogP contribution >= 0.6 is 0 Å². The molecule has 1 aromatic rings. The highest BCUT2D eigenvalue weighted by Crippen LogP contribution is 2.28. The van der Waals surface area contributed by atoms with Crippen LogP contribution in [0.25, 0.3) is 0 Å². The molecule has 0 aromatic heterocycles. The first-order valence-electron chi connectivity index (χ1n) is 7.56. The number of ether oxygens (including phenoxy) is 1. The van der Waals surface area contributed by atoms with Crippen LogP contribution in [-0.2, 0) is 6.42 Å². The van der Waals surface area contributed by atoms with Crippen LogP contribution in [0.15, 0.2) is 18.2 Å². The zero-order valence-corrected chi connectivity index (χ0v) is 11.8. The molecule has 20 heavy (non-hydrogen) atoms. The first-order valence-corrected chi connectivity index (χ1v) is 7.56. The monoisotopic (exact) mass is 274 g/mol. The second kappa shape index (κ2) is 5.83. The maximum absolute atomic E-state index is 12.8. The van der Waals surface area contributed by atoms with Crippen molar-refractivity contribution in [3.05, 3.63) is 29.3 Å². The summed E-state index contributed by atoms with van der Waals surface area (Å²) in [6.07, 6.45) is 5.56. The van der Waals surface area contributed by atoms with E-state index < -0.39 is 0 Å². The lowest BCUT2D eigenvalue weighted by Gasteiger charge is -2.28. The number of carbonyl (C=O) groups is 1. The van der Waals surface area contributed by atoms with Gasteiger partial charge in [0.05, 0.1) is 6.61 Å². The van der Waals surface area contributed by atoms with E-state index in [4.69, 9.17) is 10.5 Å². The molecular weight excluding hydrogens is 252 g/mol. The van der Waals surface area contributed by atoms with Gasteiger partial charge in [0.1, 0.15) is 5.75 Å². The van der Waals surface area contributed by atoms with Crippen molar-refractivity contribution in [1.29, 1.82) is 0 Å². The summed E-state index contributed by atoms with van der Waals surface area (Å²) in [4.78, 5) is 14.7. The fourth-order valence-electron chi connectivity index (χ4n) is 3.29. The molecule has 0 bridgehead atoms. The number of rotatable bonds is 4. The van der Waals surface area contributed by atoms with E-state index in [1.807, 2.05) is 23.1 Å². The minimum absolute atomic E-state index is 0.122. The Hall–Kier alpha value is -1.55. The summed E-state index contributed by atoms with van der Waals surface area (Å²) >= 11 is 0. The lowest BCUT2D eigenvalue weighted by Crippen LogP contribution is -2.42. The molecular formula is C16H22N2O2. The van der Waals surface area contributed by atoms with Gasteiger partial charge in [-0.25, -0.2) is 0 Å². The quantitative estimate of drug-likeness (QED) is 0.913. The van der Waals surface area contributed by atoms with Gasteiger partial charge in [-0.2, -0.15) is 0 Å². The van der Waals surface area contributed by atoms with E-state index in [-0.39, 0.29) is 5.91 Å². The second-order valence-electron chi connectivity index (χ2n) is 5.65. The minimum Gasteiger partial charge on any atom is -0.493 e. The molecule has 1 aliphatic heterocycles. The molecule has 0 radical (unpaired) electrons. The lowest BCUT2D eigenvalue weighted by atomic mass is 10.1. The molecule has 4 nitrogen and oxygen atoms in total. The maximum atomic E-state index is 12.8. The first-order chi connectivity index (χ1) is 9.79. The molecule has 1 aromatic carbocycles. The Bertz CT molecular complexity index is 495. The number of benzene rings is 1. The molecule has 2 aliphatic rings. The highest BCUT2D eigenvalue weighted by Gasteiger charge is 2.27. The van der Waals surface area contributed by atoms with E-state index in [2.05, 4.69) is 0 Å². The number of hydrogen-bond donors (Lipinski definition) is 1. The van der Waals surface area contributed by atoms with Crippen LogP contribution in [0.3, 0.4) is 0 Å². The van der Waals surface area contributed by atoms with Gasteiger partial charge >= 0.3 is 0 Å². The predicted octanol–water partition coefficient (Wildman–Crippen LogP) is 1.96. The fraction of sp³-hybridized carbons (Fsp3) is 0.562. The summed E-state index contributed by atoms with van der Waals surface area (Å²) in [5, 5.41) is 0. The van der Waals surface area contributed by atoms with Gasteiger partial charge in [0.2, 0.25) is 0 Å². The Morgan fingerprint density at radius 2 is 2.15 bits per heavy atom. The topological polar surface area (TPSA) is 55.6 Å². The Balaban J connectivity index is 1.81. The summed E-state index contributed by atoms with van der Waals surface area (Å²) in [6, 6.07) is 6.16. The number of amides is 1. The van der Waals surface area contributed by atoms with E-state index in [1.165, 1.54) is 12.8 Å². The smallest absolute Gasteiger partial charge is 0.254 e. The van der Waals surface area contributed by atoms with Crippen molar-refractivity contribution in [2.45, 2.75) is 38.1 Å². The molecule has 108 valence electrons. The van der Waals surface area contributed by atoms with E-state index >= 15 is 0 Å². The molecule has 0 atom stereocenters. The van der Waals surface area contributed by atoms with Gasteiger partial charge < -0.3 is 15.4 Å². The number of nitrogens with zero attached hydrogens (tertiary/aromatic N) is 1. The minimum atomic E-state index is 0.122. The maximum Gasteiger partial charge on any atom is 0.254 e. The second-order valence-corrected chi connectivity index (χ2v) is 5.65. The molecule has 3 rings (SSSR count). The van der Waals surface area contributed by atoms with Crippen molar-refractivity contribution in [1.82, 2.24) is 4.90 Å². The highest BCUT2D eigenvalue weighted by atomic mass is 16.5. The third-order valence-electron chi connectivity index (χ3n) is 4.33. The SMILES string of the molecule is NCCN(C(=O)c1ccc2c(c1)CCO2)C1CCCC1. The third kappa shape index (κ3) is 2.52. The van der Waals surface area contributed by atoms with Gasteiger partial charge in [-0.05, 0) is 36.6 Å². The summed E-state index contributed by atoms with van der Waals surface area (Å²) in [5.41, 5.74) is 7.61. The van der Waals surface area contributed by atoms with Gasteiger partial charge in [0, 0.05) is 31.1 Å². The Kier molecular flexibility index (Phi) is 3.92. The Morgan fingerprint density at radius 1 is 1.35 bits per heavy atom. The van der Waals surface area contributed by atoms with Gasteiger partial charge in [-0.15, -0.1) is 0 Å². The third-order valence-corrected chi connectivity index (χ3v) is 4.33. The molecule has 1 fully saturated rings. The van der Waals surface area contributed by atoms with Crippen LogP contribution in [-0.4, -0.2) is 36.5 Å². The first kappa shape index (κ1) is 13.4. The molecule has 0 spiro atoms. The number of nitrogens with two attached hydrogens (primary N) is 1. The highest BCUT2D eigenvalue weighted by molar-refractivity contribution is 5.95. The lowest BCUT2D eigenvalue weighted by molar-refractivity contribution is 0.0688. The van der Waals surface area contributed by atoms with Crippen LogP contribution in [0, 0.1) is 0 Å². The summed E-state index contributed by atoms with van der Waals surface area (Å²) in [5.74, 6) is 1.05. The van der Waals surface area contributed by atoms with Crippen molar-refractivity contribution in [3.8, 4) is 5.75 Å². The molecule has 4 heteroatoms. The molecule has 0 saturated heterocycles. The Morgan fingerprint density at radius 3 is 2.90 bits per heavy atom. The molecule has 0 unspecified atom stereocenters. The fourth-order valence-corrected chi connectivity index (χ4v) is 3.29. The summed E-state index contributed by atoms with van der Waals surface area (Å²) in [6.45, 7) is 1.90. The van der Waals surface area contributed by atoms with Crippen LogP contribution in [0.2, 0.25) is 0 Å². The largest absolute Gasteiger partial charge is 0.493 e. The van der Waals surface area contributed by atoms with Gasteiger partial charge in [-0.3, -0.25) is 4.79 Å². The predicted molar refractivity (Wildman–Crippen MR) is 78.0 cm³/mol. The van der Waals surface area contributed by atoms with Gasteiger partial charge in [0.15, 0.2) is 0 Å².